The van der Waals surface area contributed by atoms with Gasteiger partial charge in [0.1, 0.15) is 23.8 Å². The molecule has 1 rings (SSSR count). The van der Waals surface area contributed by atoms with Crippen LogP contribution in [0.15, 0.2) is 23.2 Å². The first kappa shape index (κ1) is 18.9. The van der Waals surface area contributed by atoms with Crippen molar-refractivity contribution in [3.63, 3.8) is 0 Å². The lowest BCUT2D eigenvalue weighted by Gasteiger charge is -2.20. The minimum atomic E-state index is -0.570. The van der Waals surface area contributed by atoms with Crippen LogP contribution in [0, 0.1) is 11.6 Å². The summed E-state index contributed by atoms with van der Waals surface area (Å²) in [5, 5.41) is 5.72. The van der Waals surface area contributed by atoms with Gasteiger partial charge in [-0.2, -0.15) is 0 Å². The van der Waals surface area contributed by atoms with Crippen molar-refractivity contribution in [2.24, 2.45) is 4.99 Å². The highest BCUT2D eigenvalue weighted by Gasteiger charge is 2.16. The molecule has 0 unspecified atom stereocenters. The van der Waals surface area contributed by atoms with Crippen LogP contribution in [0.25, 0.3) is 0 Å². The van der Waals surface area contributed by atoms with Crippen molar-refractivity contribution in [1.29, 1.82) is 0 Å². The SMILES string of the molecule is CCNC(=NCc1cc(F)ccc1F)NCC(=O)OC(C)(C)C. The van der Waals surface area contributed by atoms with Crippen LogP contribution in [0.1, 0.15) is 33.3 Å². The van der Waals surface area contributed by atoms with E-state index in [1.54, 1.807) is 20.8 Å². The molecular formula is C16H23F2N3O2. The van der Waals surface area contributed by atoms with Gasteiger partial charge in [0.2, 0.25) is 0 Å². The lowest BCUT2D eigenvalue weighted by atomic mass is 10.2. The van der Waals surface area contributed by atoms with E-state index in [1.807, 2.05) is 6.92 Å². The molecule has 0 aliphatic carbocycles. The van der Waals surface area contributed by atoms with Crippen molar-refractivity contribution in [2.75, 3.05) is 13.1 Å². The van der Waals surface area contributed by atoms with Crippen molar-refractivity contribution in [2.45, 2.75) is 39.8 Å². The summed E-state index contributed by atoms with van der Waals surface area (Å²) >= 11 is 0. The molecule has 128 valence electrons. The Morgan fingerprint density at radius 2 is 1.96 bits per heavy atom. The van der Waals surface area contributed by atoms with Crippen LogP contribution in [-0.2, 0) is 16.1 Å². The minimum Gasteiger partial charge on any atom is -0.459 e. The fraction of sp³-hybridized carbons (Fsp3) is 0.500. The first-order valence-corrected chi connectivity index (χ1v) is 7.39. The lowest BCUT2D eigenvalue weighted by molar-refractivity contribution is -0.153. The molecule has 23 heavy (non-hydrogen) atoms. The van der Waals surface area contributed by atoms with Gasteiger partial charge in [0, 0.05) is 12.1 Å². The number of carbonyl (C=O) groups excluding carboxylic acids is 1. The number of guanidine groups is 1. The Balaban J connectivity index is 2.66. The first-order chi connectivity index (χ1) is 10.7. The van der Waals surface area contributed by atoms with Gasteiger partial charge in [0.15, 0.2) is 5.96 Å². The van der Waals surface area contributed by atoms with Gasteiger partial charge in [-0.25, -0.2) is 13.8 Å². The van der Waals surface area contributed by atoms with Crippen LogP contribution in [-0.4, -0.2) is 30.6 Å². The van der Waals surface area contributed by atoms with Crippen molar-refractivity contribution < 1.29 is 18.3 Å². The maximum absolute atomic E-state index is 13.6. The average molecular weight is 327 g/mol. The quantitative estimate of drug-likeness (QED) is 0.495. The maximum atomic E-state index is 13.6. The second kappa shape index (κ2) is 8.45. The Labute approximate surface area is 135 Å². The van der Waals surface area contributed by atoms with E-state index >= 15 is 0 Å². The zero-order valence-electron chi connectivity index (χ0n) is 13.9. The number of aliphatic imine (C=N–C) groups is 1. The minimum absolute atomic E-state index is 0.0484. The number of ether oxygens (including phenoxy) is 1. The van der Waals surface area contributed by atoms with E-state index in [0.29, 0.717) is 12.5 Å². The predicted octanol–water partition coefficient (Wildman–Crippen LogP) is 2.36. The summed E-state index contributed by atoms with van der Waals surface area (Å²) in [7, 11) is 0. The molecule has 1 aromatic carbocycles. The third kappa shape index (κ3) is 7.58. The lowest BCUT2D eigenvalue weighted by Crippen LogP contribution is -2.41. The molecule has 0 aromatic heterocycles. The van der Waals surface area contributed by atoms with Gasteiger partial charge in [0.25, 0.3) is 0 Å². The Kier molecular flexibility index (Phi) is 6.93. The van der Waals surface area contributed by atoms with Crippen LogP contribution in [0.4, 0.5) is 8.78 Å². The van der Waals surface area contributed by atoms with Gasteiger partial charge < -0.3 is 15.4 Å². The van der Waals surface area contributed by atoms with Crippen LogP contribution in [0.3, 0.4) is 0 Å². The second-order valence-corrected chi connectivity index (χ2v) is 5.87. The molecule has 0 saturated heterocycles. The fourth-order valence-electron chi connectivity index (χ4n) is 1.70. The second-order valence-electron chi connectivity index (χ2n) is 5.87. The largest absolute Gasteiger partial charge is 0.459 e. The van der Waals surface area contributed by atoms with Gasteiger partial charge in [-0.1, -0.05) is 0 Å². The topological polar surface area (TPSA) is 62.7 Å². The van der Waals surface area contributed by atoms with Crippen molar-refractivity contribution in [3.8, 4) is 0 Å². The molecule has 1 aromatic rings. The highest BCUT2D eigenvalue weighted by molar-refractivity contribution is 5.84. The number of hydrogen-bond acceptors (Lipinski definition) is 3. The highest BCUT2D eigenvalue weighted by atomic mass is 19.1. The number of carbonyl (C=O) groups is 1. The number of rotatable bonds is 5. The first-order valence-electron chi connectivity index (χ1n) is 7.39. The fourth-order valence-corrected chi connectivity index (χ4v) is 1.70. The zero-order chi connectivity index (χ0) is 17.5. The number of esters is 1. The molecule has 0 bridgehead atoms. The number of nitrogens with one attached hydrogen (secondary N) is 2. The molecule has 0 aliphatic rings. The van der Waals surface area contributed by atoms with Crippen LogP contribution >= 0.6 is 0 Å². The molecule has 0 fully saturated rings. The number of nitrogens with zero attached hydrogens (tertiary/aromatic N) is 1. The zero-order valence-corrected chi connectivity index (χ0v) is 13.9. The predicted molar refractivity (Wildman–Crippen MR) is 85.0 cm³/mol. The Hall–Kier alpha value is -2.18. The van der Waals surface area contributed by atoms with E-state index < -0.39 is 23.2 Å². The van der Waals surface area contributed by atoms with Crippen molar-refractivity contribution in [3.05, 3.63) is 35.4 Å². The van der Waals surface area contributed by atoms with Gasteiger partial charge in [-0.3, -0.25) is 4.79 Å². The van der Waals surface area contributed by atoms with Crippen molar-refractivity contribution >= 4 is 11.9 Å². The molecule has 0 radical (unpaired) electrons. The van der Waals surface area contributed by atoms with E-state index in [1.165, 1.54) is 0 Å². The molecule has 5 nitrogen and oxygen atoms in total. The summed E-state index contributed by atoms with van der Waals surface area (Å²) in [6.07, 6.45) is 0. The van der Waals surface area contributed by atoms with Crippen LogP contribution < -0.4 is 10.6 Å². The summed E-state index contributed by atoms with van der Waals surface area (Å²) in [5.41, 5.74) is -0.432. The molecule has 7 heteroatoms. The third-order valence-electron chi connectivity index (χ3n) is 2.58. The normalized spacial score (nSPS) is 12.0. The summed E-state index contributed by atoms with van der Waals surface area (Å²) in [5.74, 6) is -1.16. The number of hydrogen-bond donors (Lipinski definition) is 2. The van der Waals surface area contributed by atoms with Crippen molar-refractivity contribution in [1.82, 2.24) is 10.6 Å². The van der Waals surface area contributed by atoms with Crippen LogP contribution in [0.2, 0.25) is 0 Å². The molecule has 2 N–H and O–H groups in total. The Morgan fingerprint density at radius 3 is 2.57 bits per heavy atom. The highest BCUT2D eigenvalue weighted by Crippen LogP contribution is 2.10. The number of benzene rings is 1. The molecule has 0 heterocycles. The van der Waals surface area contributed by atoms with E-state index in [4.69, 9.17) is 4.74 Å². The van der Waals surface area contributed by atoms with Gasteiger partial charge in [-0.15, -0.1) is 0 Å². The smallest absolute Gasteiger partial charge is 0.325 e. The molecule has 0 saturated carbocycles. The van der Waals surface area contributed by atoms with E-state index in [-0.39, 0.29) is 18.7 Å². The molecule has 0 aliphatic heterocycles. The molecular weight excluding hydrogens is 304 g/mol. The van der Waals surface area contributed by atoms with E-state index in [0.717, 1.165) is 18.2 Å². The molecule has 0 amide bonds. The van der Waals surface area contributed by atoms with Gasteiger partial charge >= 0.3 is 5.97 Å². The van der Waals surface area contributed by atoms with Gasteiger partial charge in [0.05, 0.1) is 6.54 Å². The third-order valence-corrected chi connectivity index (χ3v) is 2.58. The Morgan fingerprint density at radius 1 is 1.26 bits per heavy atom. The summed E-state index contributed by atoms with van der Waals surface area (Å²) < 4.78 is 31.8. The maximum Gasteiger partial charge on any atom is 0.325 e. The van der Waals surface area contributed by atoms with Gasteiger partial charge in [-0.05, 0) is 45.9 Å². The summed E-state index contributed by atoms with van der Waals surface area (Å²) in [6, 6.07) is 3.20. The van der Waals surface area contributed by atoms with Crippen LogP contribution in [0.5, 0.6) is 0 Å². The molecule has 0 atom stereocenters. The standard InChI is InChI=1S/C16H23F2N3O2/c1-5-19-15(21-10-14(22)23-16(2,3)4)20-9-11-8-12(17)6-7-13(11)18/h6-8H,5,9-10H2,1-4H3,(H2,19,20,21). The van der Waals surface area contributed by atoms with E-state index in [9.17, 15) is 13.6 Å². The number of halogens is 2. The Bertz CT molecular complexity index is 569. The molecule has 0 spiro atoms. The summed E-state index contributed by atoms with van der Waals surface area (Å²) in [4.78, 5) is 15.8. The average Bonchev–Trinajstić information content (AvgIpc) is 2.43. The van der Waals surface area contributed by atoms with E-state index in [2.05, 4.69) is 15.6 Å². The monoisotopic (exact) mass is 327 g/mol. The summed E-state index contributed by atoms with van der Waals surface area (Å²) in [6.45, 7) is 7.62.